The van der Waals surface area contributed by atoms with Crippen molar-refractivity contribution in [1.82, 2.24) is 0 Å². The van der Waals surface area contributed by atoms with Crippen LogP contribution in [0.4, 0.5) is 0 Å². The fourth-order valence-electron chi connectivity index (χ4n) is 3.31. The molecule has 0 aromatic carbocycles. The Labute approximate surface area is 136 Å². The molecule has 0 saturated carbocycles. The Hall–Kier alpha value is -1.10. The molecule has 0 unspecified atom stereocenters. The molecule has 5 heteroatoms. The van der Waals surface area contributed by atoms with Crippen molar-refractivity contribution in [3.8, 4) is 0 Å². The largest absolute Gasteiger partial charge is 0.478 e. The minimum absolute atomic E-state index is 0.145. The van der Waals surface area contributed by atoms with E-state index in [0.717, 1.165) is 12.5 Å². The van der Waals surface area contributed by atoms with Crippen LogP contribution < -0.4 is 0 Å². The Kier molecular flexibility index (Phi) is 10.9. The fourth-order valence-corrected chi connectivity index (χ4v) is 8.89. The van der Waals surface area contributed by atoms with Crippen molar-refractivity contribution >= 4 is 20.0 Å². The van der Waals surface area contributed by atoms with Crippen LogP contribution in [-0.2, 0) is 14.3 Å². The Morgan fingerprint density at radius 1 is 1.00 bits per heavy atom. The Balaban J connectivity index is 4.38. The molecule has 0 aliphatic carbocycles. The number of ether oxygens (including phenoxy) is 1. The van der Waals surface area contributed by atoms with E-state index >= 15 is 0 Å². The molecule has 22 heavy (non-hydrogen) atoms. The molecule has 0 rings (SSSR count). The predicted molar refractivity (Wildman–Crippen MR) is 92.8 cm³/mol. The van der Waals surface area contributed by atoms with E-state index in [0.29, 0.717) is 6.61 Å². The molecule has 0 fully saturated rings. The third-order valence-corrected chi connectivity index (χ3v) is 10.2. The Bertz CT molecular complexity index is 360. The van der Waals surface area contributed by atoms with Gasteiger partial charge in [0.2, 0.25) is 0 Å². The molecule has 0 amide bonds. The number of esters is 1. The lowest BCUT2D eigenvalue weighted by molar-refractivity contribution is -0.140. The molecular formula is C17H32O4Si. The third-order valence-electron chi connectivity index (χ3n) is 4.09. The van der Waals surface area contributed by atoms with Crippen molar-refractivity contribution in [2.24, 2.45) is 0 Å². The van der Waals surface area contributed by atoms with Crippen molar-refractivity contribution in [1.29, 1.82) is 0 Å². The van der Waals surface area contributed by atoms with Gasteiger partial charge in [0.1, 0.15) is 0 Å². The molecular weight excluding hydrogens is 296 g/mol. The van der Waals surface area contributed by atoms with Gasteiger partial charge in [-0.2, -0.15) is 0 Å². The van der Waals surface area contributed by atoms with Crippen molar-refractivity contribution in [3.63, 3.8) is 0 Å². The zero-order valence-corrected chi connectivity index (χ0v) is 15.6. The minimum Gasteiger partial charge on any atom is -0.478 e. The highest BCUT2D eigenvalue weighted by Gasteiger charge is 2.29. The third kappa shape index (κ3) is 8.37. The second-order valence-electron chi connectivity index (χ2n) is 6.16. The summed E-state index contributed by atoms with van der Waals surface area (Å²) in [7, 11) is -1.22. The summed E-state index contributed by atoms with van der Waals surface area (Å²) in [5.74, 6) is -1.63. The van der Waals surface area contributed by atoms with Crippen molar-refractivity contribution in [3.05, 3.63) is 11.6 Å². The lowest BCUT2D eigenvalue weighted by Gasteiger charge is -2.31. The highest BCUT2D eigenvalue weighted by Crippen LogP contribution is 2.31. The lowest BCUT2D eigenvalue weighted by atomic mass is 10.3. The van der Waals surface area contributed by atoms with Gasteiger partial charge in [-0.15, -0.1) is 0 Å². The zero-order chi connectivity index (χ0) is 17.0. The van der Waals surface area contributed by atoms with E-state index in [-0.39, 0.29) is 5.57 Å². The van der Waals surface area contributed by atoms with E-state index in [9.17, 15) is 9.59 Å². The molecule has 0 radical (unpaired) electrons. The number of carboxylic acid groups (broad SMARTS) is 1. The van der Waals surface area contributed by atoms with Gasteiger partial charge in [0.05, 0.1) is 14.7 Å². The summed E-state index contributed by atoms with van der Waals surface area (Å²) in [6.45, 7) is 8.64. The second-order valence-corrected chi connectivity index (χ2v) is 11.2. The number of carbonyl (C=O) groups excluding carboxylic acids is 1. The van der Waals surface area contributed by atoms with E-state index in [1.54, 1.807) is 0 Å². The number of hydrogen-bond donors (Lipinski definition) is 1. The first kappa shape index (κ1) is 20.9. The monoisotopic (exact) mass is 328 g/mol. The number of hydrogen-bond acceptors (Lipinski definition) is 3. The summed E-state index contributed by atoms with van der Waals surface area (Å²) in [6.07, 6.45) is 5.52. The van der Waals surface area contributed by atoms with Crippen LogP contribution in [0.1, 0.15) is 53.4 Å². The number of carboxylic acids is 1. The lowest BCUT2D eigenvalue weighted by Crippen LogP contribution is -2.33. The van der Waals surface area contributed by atoms with E-state index in [1.165, 1.54) is 50.4 Å². The smallest absolute Gasteiger partial charge is 0.333 e. The Morgan fingerprint density at radius 3 is 1.91 bits per heavy atom. The summed E-state index contributed by atoms with van der Waals surface area (Å²) >= 11 is 0. The van der Waals surface area contributed by atoms with Crippen LogP contribution in [0.15, 0.2) is 11.6 Å². The quantitative estimate of drug-likeness (QED) is 0.245. The highest BCUT2D eigenvalue weighted by atomic mass is 28.3. The van der Waals surface area contributed by atoms with Gasteiger partial charge in [-0.3, -0.25) is 0 Å². The fraction of sp³-hybridized carbons (Fsp3) is 0.765. The van der Waals surface area contributed by atoms with E-state index in [1.807, 2.05) is 0 Å². The maximum absolute atomic E-state index is 11.6. The number of carbonyl (C=O) groups is 2. The van der Waals surface area contributed by atoms with Gasteiger partial charge in [0.25, 0.3) is 0 Å². The first-order valence-electron chi connectivity index (χ1n) is 8.49. The first-order chi connectivity index (χ1) is 10.4. The van der Waals surface area contributed by atoms with Crippen molar-refractivity contribution < 1.29 is 19.4 Å². The topological polar surface area (TPSA) is 63.6 Å². The molecule has 4 nitrogen and oxygen atoms in total. The Morgan fingerprint density at radius 2 is 1.50 bits per heavy atom. The summed E-state index contributed by atoms with van der Waals surface area (Å²) in [5, 5.41) is 8.61. The molecule has 0 bridgehead atoms. The number of aliphatic carboxylic acids is 1. The van der Waals surface area contributed by atoms with Gasteiger partial charge in [0, 0.05) is 11.6 Å². The first-order valence-corrected chi connectivity index (χ1v) is 11.3. The van der Waals surface area contributed by atoms with Gasteiger partial charge in [-0.05, 0) is 13.3 Å². The zero-order valence-electron chi connectivity index (χ0n) is 14.6. The van der Waals surface area contributed by atoms with E-state index < -0.39 is 20.0 Å². The molecule has 0 spiro atoms. The van der Waals surface area contributed by atoms with Crippen LogP contribution >= 0.6 is 0 Å². The minimum atomic E-state index is -1.22. The average Bonchev–Trinajstić information content (AvgIpc) is 2.43. The van der Waals surface area contributed by atoms with Crippen LogP contribution in [0.25, 0.3) is 0 Å². The second kappa shape index (κ2) is 11.5. The highest BCUT2D eigenvalue weighted by molar-refractivity contribution is 6.79. The summed E-state index contributed by atoms with van der Waals surface area (Å²) in [6, 6.07) is 5.29. The number of rotatable bonds is 12. The molecule has 0 heterocycles. The summed E-state index contributed by atoms with van der Waals surface area (Å²) in [4.78, 5) is 22.2. The molecule has 0 aromatic rings. The molecule has 0 aromatic heterocycles. The standard InChI is InChI=1S/C17H32O4Si/c1-5-10-22(11-6-2,12-7-3)13-8-9-21-17(20)15(4)14-16(18)19/h14H,5-13H2,1-4H3,(H,18,19). The maximum atomic E-state index is 11.6. The van der Waals surface area contributed by atoms with E-state index in [4.69, 9.17) is 9.84 Å². The van der Waals surface area contributed by atoms with Gasteiger partial charge >= 0.3 is 11.9 Å². The molecule has 0 saturated heterocycles. The molecule has 0 aliphatic heterocycles. The summed E-state index contributed by atoms with van der Waals surface area (Å²) < 4.78 is 5.19. The normalized spacial score (nSPS) is 12.3. The molecule has 0 atom stereocenters. The molecule has 0 aliphatic rings. The average molecular weight is 329 g/mol. The van der Waals surface area contributed by atoms with Gasteiger partial charge in [-0.25, -0.2) is 9.59 Å². The van der Waals surface area contributed by atoms with E-state index in [2.05, 4.69) is 20.8 Å². The van der Waals surface area contributed by atoms with Crippen LogP contribution in [0.2, 0.25) is 24.2 Å². The molecule has 128 valence electrons. The van der Waals surface area contributed by atoms with Gasteiger partial charge in [0.15, 0.2) is 0 Å². The van der Waals surface area contributed by atoms with Gasteiger partial charge in [-0.1, -0.05) is 64.2 Å². The van der Waals surface area contributed by atoms with Crippen LogP contribution in [-0.4, -0.2) is 31.7 Å². The maximum Gasteiger partial charge on any atom is 0.333 e. The van der Waals surface area contributed by atoms with Crippen molar-refractivity contribution in [2.75, 3.05) is 6.61 Å². The molecule has 1 N–H and O–H groups in total. The van der Waals surface area contributed by atoms with Crippen LogP contribution in [0.5, 0.6) is 0 Å². The van der Waals surface area contributed by atoms with Crippen LogP contribution in [0, 0.1) is 0 Å². The SMILES string of the molecule is CCC[Si](CCC)(CCC)CCCOC(=O)C(C)=CC(=O)O. The van der Waals surface area contributed by atoms with Crippen molar-refractivity contribution in [2.45, 2.75) is 77.6 Å². The van der Waals surface area contributed by atoms with Crippen LogP contribution in [0.3, 0.4) is 0 Å². The van der Waals surface area contributed by atoms with Gasteiger partial charge < -0.3 is 9.84 Å². The predicted octanol–water partition coefficient (Wildman–Crippen LogP) is 4.63. The summed E-state index contributed by atoms with van der Waals surface area (Å²) in [5.41, 5.74) is 0.145.